The molecule has 0 spiro atoms. The fourth-order valence-corrected chi connectivity index (χ4v) is 3.71. The molecule has 3 aliphatic rings. The molecule has 1 aromatic rings. The van der Waals surface area contributed by atoms with Crippen LogP contribution in [0.15, 0.2) is 54.6 Å². The number of benzene rings is 1. The van der Waals surface area contributed by atoms with Gasteiger partial charge in [0.1, 0.15) is 0 Å². The first-order valence-corrected chi connectivity index (χ1v) is 6.73. The Hall–Kier alpha value is -1.34. The Labute approximate surface area is 109 Å². The van der Waals surface area contributed by atoms with E-state index in [2.05, 4.69) is 43.8 Å². The number of hydrogen-bond acceptors (Lipinski definition) is 1. The van der Waals surface area contributed by atoms with Gasteiger partial charge < -0.3 is 5.11 Å². The zero-order valence-electron chi connectivity index (χ0n) is 10.8. The van der Waals surface area contributed by atoms with Crippen LogP contribution in [-0.4, -0.2) is 10.7 Å². The molecule has 1 N–H and O–H groups in total. The Morgan fingerprint density at radius 2 is 2.06 bits per heavy atom. The van der Waals surface area contributed by atoms with Crippen LogP contribution in [0.2, 0.25) is 0 Å². The van der Waals surface area contributed by atoms with Crippen molar-refractivity contribution in [1.82, 2.24) is 0 Å². The summed E-state index contributed by atoms with van der Waals surface area (Å²) in [4.78, 5) is 0. The number of fused-ring (bicyclic) bond motifs is 2. The summed E-state index contributed by atoms with van der Waals surface area (Å²) in [7, 11) is 0. The molecule has 94 valence electrons. The Bertz CT molecular complexity index is 488. The van der Waals surface area contributed by atoms with E-state index in [0.29, 0.717) is 11.8 Å². The Balaban J connectivity index is 2.02. The van der Waals surface area contributed by atoms with E-state index < -0.39 is 5.60 Å². The molecule has 1 fully saturated rings. The molecule has 18 heavy (non-hydrogen) atoms. The van der Waals surface area contributed by atoms with Gasteiger partial charge in [-0.1, -0.05) is 48.1 Å². The van der Waals surface area contributed by atoms with E-state index in [-0.39, 0.29) is 5.92 Å². The number of rotatable bonds is 2. The molecule has 0 radical (unpaired) electrons. The van der Waals surface area contributed by atoms with Gasteiger partial charge in [0.2, 0.25) is 0 Å². The molecule has 0 unspecified atom stereocenters. The van der Waals surface area contributed by atoms with Crippen molar-refractivity contribution in [2.75, 3.05) is 0 Å². The lowest BCUT2D eigenvalue weighted by Crippen LogP contribution is -2.48. The summed E-state index contributed by atoms with van der Waals surface area (Å²) < 4.78 is 0. The van der Waals surface area contributed by atoms with Crippen molar-refractivity contribution in [1.29, 1.82) is 0 Å². The van der Waals surface area contributed by atoms with Gasteiger partial charge in [-0.3, -0.25) is 0 Å². The minimum Gasteiger partial charge on any atom is -0.385 e. The van der Waals surface area contributed by atoms with Gasteiger partial charge in [-0.05, 0) is 37.2 Å². The van der Waals surface area contributed by atoms with E-state index in [0.717, 1.165) is 12.8 Å². The van der Waals surface area contributed by atoms with Gasteiger partial charge in [-0.15, -0.1) is 6.58 Å². The Morgan fingerprint density at radius 3 is 2.67 bits per heavy atom. The molecule has 1 aromatic carbocycles. The molecule has 1 heteroatoms. The molecule has 0 saturated heterocycles. The van der Waals surface area contributed by atoms with Crippen molar-refractivity contribution >= 4 is 0 Å². The summed E-state index contributed by atoms with van der Waals surface area (Å²) in [6.07, 6.45) is 6.03. The molecule has 4 rings (SSSR count). The van der Waals surface area contributed by atoms with E-state index in [1.165, 1.54) is 11.1 Å². The monoisotopic (exact) mass is 240 g/mol. The second kappa shape index (κ2) is 4.10. The van der Waals surface area contributed by atoms with Crippen molar-refractivity contribution in [3.63, 3.8) is 0 Å². The fraction of sp³-hybridized carbons (Fsp3) is 0.412. The van der Waals surface area contributed by atoms with Crippen LogP contribution in [0.1, 0.15) is 31.2 Å². The average molecular weight is 240 g/mol. The quantitative estimate of drug-likeness (QED) is 0.782. The molecular formula is C17H20O. The molecule has 0 amide bonds. The second-order valence-corrected chi connectivity index (χ2v) is 5.79. The first kappa shape index (κ1) is 11.7. The third-order valence-electron chi connectivity index (χ3n) is 4.79. The Kier molecular flexibility index (Phi) is 2.67. The van der Waals surface area contributed by atoms with Gasteiger partial charge in [0.15, 0.2) is 0 Å². The van der Waals surface area contributed by atoms with Crippen LogP contribution in [0.25, 0.3) is 0 Å². The van der Waals surface area contributed by atoms with Gasteiger partial charge in [-0.25, -0.2) is 0 Å². The summed E-state index contributed by atoms with van der Waals surface area (Å²) in [5, 5.41) is 10.8. The van der Waals surface area contributed by atoms with Crippen molar-refractivity contribution in [2.24, 2.45) is 11.8 Å². The number of allylic oxidation sites excluding steroid dienone is 1. The maximum Gasteiger partial charge on any atom is 0.0899 e. The molecule has 0 heterocycles. The van der Waals surface area contributed by atoms with E-state index in [9.17, 15) is 5.11 Å². The maximum atomic E-state index is 10.8. The third kappa shape index (κ3) is 1.65. The zero-order valence-corrected chi connectivity index (χ0v) is 10.8. The third-order valence-corrected chi connectivity index (χ3v) is 4.79. The molecule has 2 bridgehead atoms. The lowest BCUT2D eigenvalue weighted by atomic mass is 9.57. The van der Waals surface area contributed by atoms with Crippen molar-refractivity contribution in [3.05, 3.63) is 60.2 Å². The first-order chi connectivity index (χ1) is 8.64. The van der Waals surface area contributed by atoms with E-state index in [4.69, 9.17) is 0 Å². The average Bonchev–Trinajstić information content (AvgIpc) is 2.41. The van der Waals surface area contributed by atoms with Crippen LogP contribution in [-0.2, 0) is 0 Å². The summed E-state index contributed by atoms with van der Waals surface area (Å²) >= 11 is 0. The SMILES string of the molecule is C=C[C@]1(O)C[C@@H]2C[C@@H](c3ccccc3)[C@H]1C=C2C. The van der Waals surface area contributed by atoms with Crippen LogP contribution >= 0.6 is 0 Å². The van der Waals surface area contributed by atoms with Crippen LogP contribution < -0.4 is 0 Å². The highest BCUT2D eigenvalue weighted by Gasteiger charge is 2.48. The van der Waals surface area contributed by atoms with Gasteiger partial charge in [0.05, 0.1) is 5.60 Å². The van der Waals surface area contributed by atoms with Gasteiger partial charge in [-0.2, -0.15) is 0 Å². The van der Waals surface area contributed by atoms with Crippen LogP contribution in [0.3, 0.4) is 0 Å². The van der Waals surface area contributed by atoms with Crippen LogP contribution in [0.5, 0.6) is 0 Å². The lowest BCUT2D eigenvalue weighted by molar-refractivity contribution is -0.0209. The summed E-state index contributed by atoms with van der Waals surface area (Å²) in [5.41, 5.74) is 2.07. The highest BCUT2D eigenvalue weighted by atomic mass is 16.3. The molecule has 3 aliphatic carbocycles. The molecule has 0 aromatic heterocycles. The summed E-state index contributed by atoms with van der Waals surface area (Å²) in [6, 6.07) is 10.6. The highest BCUT2D eigenvalue weighted by Crippen LogP contribution is 2.53. The topological polar surface area (TPSA) is 20.2 Å². The highest BCUT2D eigenvalue weighted by molar-refractivity contribution is 5.33. The molecular weight excluding hydrogens is 220 g/mol. The standard InChI is InChI=1S/C17H20O/c1-3-17(18)11-14-10-15(16(17)9-12(14)2)13-7-5-4-6-8-13/h3-9,14-16,18H,1,10-11H2,2H3/t14-,15-,16+,17-/m0/s1. The predicted molar refractivity (Wildman–Crippen MR) is 74.3 cm³/mol. The second-order valence-electron chi connectivity index (χ2n) is 5.79. The number of hydrogen-bond donors (Lipinski definition) is 1. The summed E-state index contributed by atoms with van der Waals surface area (Å²) in [6.45, 7) is 6.04. The minimum atomic E-state index is -0.719. The first-order valence-electron chi connectivity index (χ1n) is 6.73. The predicted octanol–water partition coefficient (Wildman–Crippen LogP) is 3.67. The van der Waals surface area contributed by atoms with E-state index >= 15 is 0 Å². The normalized spacial score (nSPS) is 38.3. The molecule has 4 atom stereocenters. The van der Waals surface area contributed by atoms with Gasteiger partial charge in [0.25, 0.3) is 0 Å². The smallest absolute Gasteiger partial charge is 0.0899 e. The number of aliphatic hydroxyl groups is 1. The molecule has 0 aliphatic heterocycles. The summed E-state index contributed by atoms with van der Waals surface area (Å²) in [5.74, 6) is 1.11. The van der Waals surface area contributed by atoms with Gasteiger partial charge in [0, 0.05) is 5.92 Å². The molecule has 1 saturated carbocycles. The van der Waals surface area contributed by atoms with Crippen molar-refractivity contribution in [3.8, 4) is 0 Å². The van der Waals surface area contributed by atoms with Crippen LogP contribution in [0.4, 0.5) is 0 Å². The van der Waals surface area contributed by atoms with E-state index in [1.807, 2.05) is 6.07 Å². The zero-order chi connectivity index (χ0) is 12.8. The van der Waals surface area contributed by atoms with Crippen molar-refractivity contribution in [2.45, 2.75) is 31.3 Å². The minimum absolute atomic E-state index is 0.183. The van der Waals surface area contributed by atoms with Gasteiger partial charge >= 0.3 is 0 Å². The lowest BCUT2D eigenvalue weighted by Gasteiger charge is -2.50. The molecule has 1 nitrogen and oxygen atoms in total. The fourth-order valence-electron chi connectivity index (χ4n) is 3.71. The van der Waals surface area contributed by atoms with Crippen LogP contribution in [0, 0.1) is 11.8 Å². The largest absolute Gasteiger partial charge is 0.385 e. The van der Waals surface area contributed by atoms with E-state index in [1.54, 1.807) is 6.08 Å². The Morgan fingerprint density at radius 1 is 1.33 bits per heavy atom. The maximum absolute atomic E-state index is 10.8. The van der Waals surface area contributed by atoms with Crippen molar-refractivity contribution < 1.29 is 5.11 Å².